The zero-order valence-corrected chi connectivity index (χ0v) is 29.1. The molecule has 7 rings (SSSR count). The van der Waals surface area contributed by atoms with Crippen LogP contribution in [0.1, 0.15) is 25.5 Å². The number of ether oxygens (including phenoxy) is 3. The van der Waals surface area contributed by atoms with Crippen LogP contribution in [0.4, 0.5) is 11.4 Å². The molecule has 0 saturated carbocycles. The second-order valence-corrected chi connectivity index (χ2v) is 13.2. The summed E-state index contributed by atoms with van der Waals surface area (Å²) < 4.78 is 23.1. The molecule has 0 spiro atoms. The third kappa shape index (κ3) is 6.99. The number of ketones is 1. The molecular formula is C35H36Cl2N8O5. The van der Waals surface area contributed by atoms with E-state index in [0.717, 1.165) is 43.3 Å². The Morgan fingerprint density at radius 2 is 1.60 bits per heavy atom. The number of benzene rings is 3. The Balaban J connectivity index is 0.925. The lowest BCUT2D eigenvalue weighted by Crippen LogP contribution is -2.46. The van der Waals surface area contributed by atoms with Crippen molar-refractivity contribution in [3.63, 3.8) is 0 Å². The highest BCUT2D eigenvalue weighted by atomic mass is 35.5. The fourth-order valence-electron chi connectivity index (χ4n) is 6.20. The van der Waals surface area contributed by atoms with Crippen LogP contribution >= 0.6 is 23.2 Å². The number of carbonyl (C=O) groups is 1. The van der Waals surface area contributed by atoms with Crippen molar-refractivity contribution in [1.29, 1.82) is 0 Å². The molecule has 0 amide bonds. The van der Waals surface area contributed by atoms with Crippen LogP contribution in [0.2, 0.25) is 10.0 Å². The number of halogens is 2. The minimum atomic E-state index is -1.17. The van der Waals surface area contributed by atoms with Gasteiger partial charge < -0.3 is 24.0 Å². The molecule has 0 aliphatic carbocycles. The van der Waals surface area contributed by atoms with Gasteiger partial charge in [0.25, 0.3) is 0 Å². The van der Waals surface area contributed by atoms with Gasteiger partial charge in [-0.15, -0.1) is 0 Å². The summed E-state index contributed by atoms with van der Waals surface area (Å²) in [4.78, 5) is 33.2. The van der Waals surface area contributed by atoms with Crippen molar-refractivity contribution in [3.8, 4) is 11.4 Å². The number of carbonyl (C=O) groups excluding carboxylic acids is 1. The lowest BCUT2D eigenvalue weighted by molar-refractivity contribution is -0.190. The van der Waals surface area contributed by atoms with E-state index in [9.17, 15) is 9.59 Å². The standard InChI is InChI=1S/C35H36Cl2N8O5/c1-24(25(2)46)45-34(47)44(23-40-45)29-6-4-27(5-7-29)41-13-15-42(16-14-41)28-8-10-30(11-9-28)48-18-31-19-49-35(50-31,20-43-22-38-21-39-43)32-12-3-26(36)17-33(32)37/h3-12,17,21-24,31H,13-16,18-20H2,1-2H3. The van der Waals surface area contributed by atoms with E-state index < -0.39 is 11.8 Å². The lowest BCUT2D eigenvalue weighted by Gasteiger charge is -2.37. The van der Waals surface area contributed by atoms with Crippen molar-refractivity contribution in [2.75, 3.05) is 49.2 Å². The van der Waals surface area contributed by atoms with Gasteiger partial charge >= 0.3 is 5.69 Å². The van der Waals surface area contributed by atoms with Gasteiger partial charge in [-0.25, -0.2) is 23.7 Å². The summed E-state index contributed by atoms with van der Waals surface area (Å²) in [6.07, 6.45) is 4.17. The van der Waals surface area contributed by atoms with Gasteiger partial charge in [0.1, 0.15) is 50.0 Å². The van der Waals surface area contributed by atoms with Crippen LogP contribution < -0.4 is 20.2 Å². The molecule has 0 N–H and O–H groups in total. The molecule has 2 aliphatic heterocycles. The topological polar surface area (TPSA) is 122 Å². The van der Waals surface area contributed by atoms with Crippen LogP contribution in [0, 0.1) is 0 Å². The van der Waals surface area contributed by atoms with Gasteiger partial charge in [-0.2, -0.15) is 10.2 Å². The molecule has 2 saturated heterocycles. The molecule has 3 unspecified atom stereocenters. The van der Waals surface area contributed by atoms with E-state index in [4.69, 9.17) is 37.4 Å². The summed E-state index contributed by atoms with van der Waals surface area (Å²) in [7, 11) is 0. The average Bonchev–Trinajstić information content (AvgIpc) is 3.88. The first-order valence-electron chi connectivity index (χ1n) is 16.3. The number of Topliss-reactive ketones (excluding diaryl/α,β-unsaturated/α-hetero) is 1. The van der Waals surface area contributed by atoms with Crippen LogP contribution in [-0.4, -0.2) is 80.4 Å². The number of hydrogen-bond acceptors (Lipinski definition) is 10. The summed E-state index contributed by atoms with van der Waals surface area (Å²) in [5.74, 6) is -0.558. The number of aromatic nitrogens is 6. The highest BCUT2D eigenvalue weighted by Gasteiger charge is 2.45. The Hall–Kier alpha value is -4.69. The second kappa shape index (κ2) is 14.3. The molecule has 5 aromatic rings. The Labute approximate surface area is 298 Å². The van der Waals surface area contributed by atoms with Crippen molar-refractivity contribution < 1.29 is 19.0 Å². The SMILES string of the molecule is CC(=O)C(C)n1ncn(-c2ccc(N3CCN(c4ccc(OCC5COC(Cn6cncn6)(c6ccc(Cl)cc6Cl)O5)cc4)CC3)cc2)c1=O. The van der Waals surface area contributed by atoms with Crippen LogP contribution in [0.15, 0.2) is 90.5 Å². The lowest BCUT2D eigenvalue weighted by atomic mass is 10.1. The molecular weight excluding hydrogens is 683 g/mol. The van der Waals surface area contributed by atoms with E-state index in [1.54, 1.807) is 36.1 Å². The summed E-state index contributed by atoms with van der Waals surface area (Å²) in [5, 5.41) is 9.31. The predicted molar refractivity (Wildman–Crippen MR) is 189 cm³/mol. The third-order valence-corrected chi connectivity index (χ3v) is 9.64. The van der Waals surface area contributed by atoms with Gasteiger partial charge in [-0.05, 0) is 74.5 Å². The zero-order chi connectivity index (χ0) is 34.8. The second-order valence-electron chi connectivity index (χ2n) is 12.3. The third-order valence-electron chi connectivity index (χ3n) is 9.10. The van der Waals surface area contributed by atoms with Crippen molar-refractivity contribution in [2.24, 2.45) is 0 Å². The molecule has 15 heteroatoms. The van der Waals surface area contributed by atoms with Gasteiger partial charge in [0.15, 0.2) is 5.78 Å². The van der Waals surface area contributed by atoms with Crippen molar-refractivity contribution in [2.45, 2.75) is 38.3 Å². The van der Waals surface area contributed by atoms with E-state index in [1.165, 1.54) is 28.8 Å². The number of rotatable bonds is 11. The molecule has 2 aromatic heterocycles. The smallest absolute Gasteiger partial charge is 0.351 e. The van der Waals surface area contributed by atoms with Crippen molar-refractivity contribution >= 4 is 40.4 Å². The molecule has 50 heavy (non-hydrogen) atoms. The first kappa shape index (κ1) is 33.8. The van der Waals surface area contributed by atoms with Crippen molar-refractivity contribution in [1.82, 2.24) is 29.1 Å². The molecule has 2 aliphatic rings. The summed E-state index contributed by atoms with van der Waals surface area (Å²) >= 11 is 12.7. The number of anilines is 2. The fourth-order valence-corrected chi connectivity index (χ4v) is 6.76. The highest BCUT2D eigenvalue weighted by molar-refractivity contribution is 6.35. The number of nitrogens with zero attached hydrogens (tertiary/aromatic N) is 8. The normalized spacial score (nSPS) is 19.9. The average molecular weight is 720 g/mol. The molecule has 0 radical (unpaired) electrons. The Morgan fingerprint density at radius 1 is 0.940 bits per heavy atom. The molecule has 3 aromatic carbocycles. The molecule has 13 nitrogen and oxygen atoms in total. The maximum Gasteiger partial charge on any atom is 0.351 e. The van der Waals surface area contributed by atoms with E-state index >= 15 is 0 Å². The minimum absolute atomic E-state index is 0.119. The van der Waals surface area contributed by atoms with Crippen LogP contribution in [0.25, 0.3) is 5.69 Å². The van der Waals surface area contributed by atoms with Gasteiger partial charge in [-0.3, -0.25) is 4.79 Å². The molecule has 0 bridgehead atoms. The summed E-state index contributed by atoms with van der Waals surface area (Å²) in [5.41, 5.74) is 3.22. The number of piperazine rings is 1. The minimum Gasteiger partial charge on any atom is -0.491 e. The quantitative estimate of drug-likeness (QED) is 0.189. The van der Waals surface area contributed by atoms with E-state index in [2.05, 4.69) is 37.1 Å². The molecule has 2 fully saturated rings. The fraction of sp³-hybridized carbons (Fsp3) is 0.343. The van der Waals surface area contributed by atoms with Gasteiger partial charge in [0, 0.05) is 48.1 Å². The van der Waals surface area contributed by atoms with E-state index in [-0.39, 0.29) is 30.7 Å². The maximum atomic E-state index is 12.8. The monoisotopic (exact) mass is 718 g/mol. The van der Waals surface area contributed by atoms with Crippen molar-refractivity contribution in [3.05, 3.63) is 112 Å². The van der Waals surface area contributed by atoms with Gasteiger partial charge in [0.05, 0.1) is 17.3 Å². The summed E-state index contributed by atoms with van der Waals surface area (Å²) in [6, 6.07) is 20.5. The van der Waals surface area contributed by atoms with Crippen LogP contribution in [0.5, 0.6) is 5.75 Å². The van der Waals surface area contributed by atoms with Gasteiger partial charge in [0.2, 0.25) is 5.79 Å². The Bertz CT molecular complexity index is 1990. The first-order chi connectivity index (χ1) is 24.2. The zero-order valence-electron chi connectivity index (χ0n) is 27.6. The highest BCUT2D eigenvalue weighted by Crippen LogP contribution is 2.40. The van der Waals surface area contributed by atoms with E-state index in [0.29, 0.717) is 27.9 Å². The van der Waals surface area contributed by atoms with Crippen LogP contribution in [-0.2, 0) is 26.6 Å². The first-order valence-corrected chi connectivity index (χ1v) is 17.0. The summed E-state index contributed by atoms with van der Waals surface area (Å²) in [6.45, 7) is 7.37. The molecule has 4 heterocycles. The number of hydrogen-bond donors (Lipinski definition) is 0. The van der Waals surface area contributed by atoms with Gasteiger partial charge in [-0.1, -0.05) is 29.3 Å². The molecule has 260 valence electrons. The van der Waals surface area contributed by atoms with Crippen LogP contribution in [0.3, 0.4) is 0 Å². The largest absolute Gasteiger partial charge is 0.491 e. The molecule has 3 atom stereocenters. The Morgan fingerprint density at radius 3 is 2.22 bits per heavy atom. The maximum absolute atomic E-state index is 12.8. The predicted octanol–water partition coefficient (Wildman–Crippen LogP) is 4.76. The van der Waals surface area contributed by atoms with E-state index in [1.807, 2.05) is 36.4 Å². The Kier molecular flexibility index (Phi) is 9.65.